The number of anilines is 1. The number of fused-ring (bicyclic) bond motifs is 1. The van der Waals surface area contributed by atoms with Gasteiger partial charge in [0.25, 0.3) is 0 Å². The molecule has 2 aliphatic heterocycles. The van der Waals surface area contributed by atoms with E-state index in [0.717, 1.165) is 38.3 Å². The van der Waals surface area contributed by atoms with E-state index in [2.05, 4.69) is 35.3 Å². The Morgan fingerprint density at radius 2 is 2.00 bits per heavy atom. The molecule has 22 heavy (non-hydrogen) atoms. The first-order chi connectivity index (χ1) is 10.7. The highest BCUT2D eigenvalue weighted by molar-refractivity contribution is 5.98. The van der Waals surface area contributed by atoms with Gasteiger partial charge in [-0.2, -0.15) is 0 Å². The van der Waals surface area contributed by atoms with Crippen molar-refractivity contribution in [1.82, 2.24) is 5.32 Å². The highest BCUT2D eigenvalue weighted by Crippen LogP contribution is 2.39. The standard InChI is InChI=1S/C19H26N2O/c1-13-10-17-12-15(11-14-6-8-20-9-7-14)2-5-18(17)21(13)19(22)16-3-4-16/h2,5,12-14,16,20H,3-4,6-11H2,1H3. The molecule has 2 heterocycles. The van der Waals surface area contributed by atoms with Gasteiger partial charge in [0.1, 0.15) is 0 Å². The van der Waals surface area contributed by atoms with Crippen LogP contribution in [0.4, 0.5) is 5.69 Å². The molecule has 118 valence electrons. The Balaban J connectivity index is 1.52. The van der Waals surface area contributed by atoms with Crippen LogP contribution >= 0.6 is 0 Å². The Bertz CT molecular complexity index is 573. The van der Waals surface area contributed by atoms with E-state index in [4.69, 9.17) is 0 Å². The summed E-state index contributed by atoms with van der Waals surface area (Å²) in [4.78, 5) is 14.6. The van der Waals surface area contributed by atoms with Crippen molar-refractivity contribution in [3.8, 4) is 0 Å². The predicted molar refractivity (Wildman–Crippen MR) is 89.1 cm³/mol. The largest absolute Gasteiger partial charge is 0.317 e. The van der Waals surface area contributed by atoms with Crippen LogP contribution in [0.2, 0.25) is 0 Å². The van der Waals surface area contributed by atoms with Crippen molar-refractivity contribution in [3.05, 3.63) is 29.3 Å². The lowest BCUT2D eigenvalue weighted by molar-refractivity contribution is -0.120. The summed E-state index contributed by atoms with van der Waals surface area (Å²) in [5.74, 6) is 1.49. The van der Waals surface area contributed by atoms with E-state index in [-0.39, 0.29) is 0 Å². The lowest BCUT2D eigenvalue weighted by Crippen LogP contribution is -2.36. The van der Waals surface area contributed by atoms with Gasteiger partial charge in [0.05, 0.1) is 0 Å². The van der Waals surface area contributed by atoms with Crippen molar-refractivity contribution in [2.45, 2.75) is 51.5 Å². The quantitative estimate of drug-likeness (QED) is 0.930. The summed E-state index contributed by atoms with van der Waals surface area (Å²) >= 11 is 0. The van der Waals surface area contributed by atoms with Gasteiger partial charge in [-0.1, -0.05) is 12.1 Å². The zero-order chi connectivity index (χ0) is 15.1. The number of amides is 1. The number of benzene rings is 1. The van der Waals surface area contributed by atoms with E-state index >= 15 is 0 Å². The average molecular weight is 298 g/mol. The Morgan fingerprint density at radius 1 is 1.23 bits per heavy atom. The molecule has 1 saturated heterocycles. The van der Waals surface area contributed by atoms with Crippen molar-refractivity contribution < 1.29 is 4.79 Å². The third kappa shape index (κ3) is 2.67. The second kappa shape index (κ2) is 5.69. The van der Waals surface area contributed by atoms with Crippen molar-refractivity contribution in [1.29, 1.82) is 0 Å². The van der Waals surface area contributed by atoms with E-state index < -0.39 is 0 Å². The molecule has 3 aliphatic rings. The van der Waals surface area contributed by atoms with Crippen LogP contribution in [0, 0.1) is 11.8 Å². The van der Waals surface area contributed by atoms with Crippen molar-refractivity contribution >= 4 is 11.6 Å². The lowest BCUT2D eigenvalue weighted by Gasteiger charge is -2.24. The summed E-state index contributed by atoms with van der Waals surface area (Å²) in [5, 5.41) is 3.44. The molecule has 1 aromatic carbocycles. The van der Waals surface area contributed by atoms with E-state index in [1.807, 2.05) is 0 Å². The monoisotopic (exact) mass is 298 g/mol. The van der Waals surface area contributed by atoms with E-state index in [1.165, 1.54) is 36.1 Å². The molecule has 2 fully saturated rings. The molecule has 4 rings (SSSR count). The highest BCUT2D eigenvalue weighted by Gasteiger charge is 2.39. The van der Waals surface area contributed by atoms with Gasteiger partial charge in [-0.25, -0.2) is 0 Å². The van der Waals surface area contributed by atoms with Gasteiger partial charge in [-0.3, -0.25) is 4.79 Å². The lowest BCUT2D eigenvalue weighted by atomic mass is 9.90. The van der Waals surface area contributed by atoms with Crippen molar-refractivity contribution in [2.24, 2.45) is 11.8 Å². The number of rotatable bonds is 3. The zero-order valence-electron chi connectivity index (χ0n) is 13.5. The molecule has 1 unspecified atom stereocenters. The molecule has 3 heteroatoms. The number of piperidine rings is 1. The van der Waals surface area contributed by atoms with Crippen LogP contribution in [0.25, 0.3) is 0 Å². The molecule has 1 N–H and O–H groups in total. The minimum absolute atomic E-state index is 0.308. The number of nitrogens with zero attached hydrogens (tertiary/aromatic N) is 1. The molecule has 1 aromatic rings. The third-order valence-corrected chi connectivity index (χ3v) is 5.51. The normalized spacial score (nSPS) is 25.3. The van der Waals surface area contributed by atoms with Crippen LogP contribution in [0.15, 0.2) is 18.2 Å². The maximum atomic E-state index is 12.5. The van der Waals surface area contributed by atoms with Gasteiger partial charge in [0, 0.05) is 17.6 Å². The first-order valence-corrected chi connectivity index (χ1v) is 8.88. The van der Waals surface area contributed by atoms with Gasteiger partial charge in [0.2, 0.25) is 5.91 Å². The smallest absolute Gasteiger partial charge is 0.230 e. The third-order valence-electron chi connectivity index (χ3n) is 5.51. The number of carbonyl (C=O) groups excluding carboxylic acids is 1. The maximum absolute atomic E-state index is 12.5. The summed E-state index contributed by atoms with van der Waals surface area (Å²) in [5.41, 5.74) is 4.02. The van der Waals surface area contributed by atoms with Crippen LogP contribution in [-0.4, -0.2) is 25.0 Å². The average Bonchev–Trinajstić information content (AvgIpc) is 3.31. The minimum Gasteiger partial charge on any atom is -0.317 e. The summed E-state index contributed by atoms with van der Waals surface area (Å²) in [6, 6.07) is 7.16. The first kappa shape index (κ1) is 14.3. The van der Waals surface area contributed by atoms with Crippen LogP contribution < -0.4 is 10.2 Å². The number of hydrogen-bond donors (Lipinski definition) is 1. The number of carbonyl (C=O) groups is 1. The van der Waals surface area contributed by atoms with Crippen LogP contribution in [-0.2, 0) is 17.6 Å². The molecular weight excluding hydrogens is 272 g/mol. The number of hydrogen-bond acceptors (Lipinski definition) is 2. The first-order valence-electron chi connectivity index (χ1n) is 8.88. The minimum atomic E-state index is 0.308. The fourth-order valence-electron chi connectivity index (χ4n) is 4.09. The Labute approximate surface area is 133 Å². The van der Waals surface area contributed by atoms with Gasteiger partial charge in [-0.15, -0.1) is 0 Å². The Hall–Kier alpha value is -1.35. The molecule has 0 aromatic heterocycles. The Kier molecular flexibility index (Phi) is 3.69. The second-order valence-electron chi connectivity index (χ2n) is 7.40. The van der Waals surface area contributed by atoms with Crippen LogP contribution in [0.3, 0.4) is 0 Å². The second-order valence-corrected chi connectivity index (χ2v) is 7.40. The summed E-state index contributed by atoms with van der Waals surface area (Å²) < 4.78 is 0. The molecule has 1 atom stereocenters. The van der Waals surface area contributed by atoms with Crippen LogP contribution in [0.1, 0.15) is 43.7 Å². The van der Waals surface area contributed by atoms with Gasteiger partial charge in [0.15, 0.2) is 0 Å². The fraction of sp³-hybridized carbons (Fsp3) is 0.632. The van der Waals surface area contributed by atoms with Gasteiger partial charge >= 0.3 is 0 Å². The topological polar surface area (TPSA) is 32.3 Å². The zero-order valence-corrected chi connectivity index (χ0v) is 13.5. The molecule has 1 aliphatic carbocycles. The SMILES string of the molecule is CC1Cc2cc(CC3CCNCC3)ccc2N1C(=O)C1CC1. The Morgan fingerprint density at radius 3 is 2.73 bits per heavy atom. The summed E-state index contributed by atoms with van der Waals surface area (Å²) in [6.07, 6.45) is 6.98. The molecule has 3 nitrogen and oxygen atoms in total. The van der Waals surface area contributed by atoms with Gasteiger partial charge < -0.3 is 10.2 Å². The van der Waals surface area contributed by atoms with E-state index in [1.54, 1.807) is 0 Å². The maximum Gasteiger partial charge on any atom is 0.230 e. The van der Waals surface area contributed by atoms with E-state index in [9.17, 15) is 4.79 Å². The summed E-state index contributed by atoms with van der Waals surface area (Å²) in [7, 11) is 0. The molecular formula is C19H26N2O. The predicted octanol–water partition coefficient (Wildman–Crippen LogP) is 2.92. The van der Waals surface area contributed by atoms with Gasteiger partial charge in [-0.05, 0) is 81.6 Å². The van der Waals surface area contributed by atoms with Crippen LogP contribution in [0.5, 0.6) is 0 Å². The molecule has 0 spiro atoms. The van der Waals surface area contributed by atoms with Crippen molar-refractivity contribution in [3.63, 3.8) is 0 Å². The van der Waals surface area contributed by atoms with E-state index in [0.29, 0.717) is 17.9 Å². The number of nitrogens with one attached hydrogen (secondary N) is 1. The molecule has 0 radical (unpaired) electrons. The highest BCUT2D eigenvalue weighted by atomic mass is 16.2. The van der Waals surface area contributed by atoms with Crippen molar-refractivity contribution in [2.75, 3.05) is 18.0 Å². The molecule has 1 amide bonds. The fourth-order valence-corrected chi connectivity index (χ4v) is 4.09. The molecule has 1 saturated carbocycles. The molecule has 0 bridgehead atoms. The summed E-state index contributed by atoms with van der Waals surface area (Å²) in [6.45, 7) is 4.51.